The van der Waals surface area contributed by atoms with Crippen molar-refractivity contribution in [2.75, 3.05) is 34.5 Å². The first-order chi connectivity index (χ1) is 8.62. The van der Waals surface area contributed by atoms with Crippen LogP contribution in [0.2, 0.25) is 0 Å². The van der Waals surface area contributed by atoms with E-state index < -0.39 is 45.2 Å². The highest BCUT2D eigenvalue weighted by molar-refractivity contribution is 4.82. The first-order valence-electron chi connectivity index (χ1n) is 6.40. The number of ether oxygens (including phenoxy) is 3. The molecule has 0 radical (unpaired) electrons. The summed E-state index contributed by atoms with van der Waals surface area (Å²) in [6, 6.07) is 0. The zero-order valence-corrected chi connectivity index (χ0v) is 8.41. The molecule has 0 bridgehead atoms. The third kappa shape index (κ3) is 4.42. The second-order valence-corrected chi connectivity index (χ2v) is 2.95. The monoisotopic (exact) mass is 227 g/mol. The molecule has 0 fully saturated rings. The van der Waals surface area contributed by atoms with Crippen molar-refractivity contribution < 1.29 is 33.6 Å². The molecule has 6 nitrogen and oxygen atoms in total. The Hall–Kier alpha value is -0.240. The van der Waals surface area contributed by atoms with Gasteiger partial charge in [-0.3, -0.25) is 0 Å². The summed E-state index contributed by atoms with van der Waals surface area (Å²) in [6.45, 7) is -0.797. The van der Waals surface area contributed by atoms with Gasteiger partial charge >= 0.3 is 0 Å². The Labute approximate surface area is 93.6 Å². The summed E-state index contributed by atoms with van der Waals surface area (Å²) in [5.41, 5.74) is 0. The first-order valence-corrected chi connectivity index (χ1v) is 4.28. The van der Waals surface area contributed by atoms with Gasteiger partial charge in [-0.2, -0.15) is 0 Å². The molecule has 0 saturated carbocycles. The number of aliphatic hydroxyl groups is 3. The van der Waals surface area contributed by atoms with Crippen LogP contribution in [0.1, 0.15) is 4.11 Å². The van der Waals surface area contributed by atoms with Gasteiger partial charge in [-0.25, -0.2) is 0 Å². The maximum absolute atomic E-state index is 9.86. The number of hydrogen-bond donors (Lipinski definition) is 3. The summed E-state index contributed by atoms with van der Waals surface area (Å²) in [5, 5.41) is 28.5. The van der Waals surface area contributed by atoms with Crippen molar-refractivity contribution in [3.8, 4) is 0 Å². The van der Waals surface area contributed by atoms with E-state index in [0.717, 1.165) is 0 Å². The number of hydrogen-bond acceptors (Lipinski definition) is 6. The Morgan fingerprint density at radius 2 is 1.93 bits per heavy atom. The summed E-state index contributed by atoms with van der Waals surface area (Å²) in [6.07, 6.45) is -4.96. The topological polar surface area (TPSA) is 88.4 Å². The fraction of sp³-hybridized carbons (Fsp3) is 1.00. The minimum Gasteiger partial charge on any atom is -0.394 e. The predicted octanol–water partition coefficient (Wildman–Crippen LogP) is -1.62. The van der Waals surface area contributed by atoms with Gasteiger partial charge in [0, 0.05) is 21.3 Å². The lowest BCUT2D eigenvalue weighted by Crippen LogP contribution is -2.49. The average molecular weight is 227 g/mol. The van der Waals surface area contributed by atoms with E-state index in [4.69, 9.17) is 18.7 Å². The Kier molecular flexibility index (Phi) is 5.29. The van der Waals surface area contributed by atoms with Gasteiger partial charge in [0.1, 0.15) is 24.4 Å². The Bertz CT molecular complexity index is 199. The van der Waals surface area contributed by atoms with E-state index in [9.17, 15) is 10.2 Å². The van der Waals surface area contributed by atoms with Crippen molar-refractivity contribution in [2.45, 2.75) is 24.4 Å². The summed E-state index contributed by atoms with van der Waals surface area (Å²) in [4.78, 5) is 0. The predicted molar refractivity (Wildman–Crippen MR) is 52.6 cm³/mol. The van der Waals surface area contributed by atoms with E-state index in [0.29, 0.717) is 0 Å². The van der Waals surface area contributed by atoms with Gasteiger partial charge in [-0.05, 0) is 0 Å². The fourth-order valence-corrected chi connectivity index (χ4v) is 1.12. The van der Waals surface area contributed by atoms with Crippen molar-refractivity contribution in [3.63, 3.8) is 0 Å². The molecule has 0 rings (SSSR count). The van der Waals surface area contributed by atoms with Crippen molar-refractivity contribution in [3.05, 3.63) is 0 Å². The van der Waals surface area contributed by atoms with E-state index in [1.165, 1.54) is 0 Å². The van der Waals surface area contributed by atoms with Crippen LogP contribution in [0.15, 0.2) is 0 Å². The van der Waals surface area contributed by atoms with Crippen LogP contribution in [0.25, 0.3) is 0 Å². The highest BCUT2D eigenvalue weighted by Gasteiger charge is 2.32. The molecule has 0 amide bonds. The van der Waals surface area contributed by atoms with E-state index in [2.05, 4.69) is 4.74 Å². The molecular formula is C9H20O6. The molecule has 0 saturated heterocycles. The van der Waals surface area contributed by atoms with Gasteiger partial charge < -0.3 is 29.5 Å². The molecule has 0 aliphatic rings. The molecule has 0 aliphatic heterocycles. The lowest BCUT2D eigenvalue weighted by atomic mass is 10.0. The standard InChI is InChI=1S/C9H20O6/c1-13-5-6(11)9(15-3)8(12)7(4-10)14-2/h6-12H,4-5H2,1-3H3/t6-,7-,8-,9-/m1/s1/i1D,2D,3D. The lowest BCUT2D eigenvalue weighted by Gasteiger charge is -2.29. The molecule has 0 aromatic heterocycles. The van der Waals surface area contributed by atoms with Gasteiger partial charge in [0.2, 0.25) is 0 Å². The van der Waals surface area contributed by atoms with E-state index in [-0.39, 0.29) is 13.7 Å². The quantitative estimate of drug-likeness (QED) is 0.462. The van der Waals surface area contributed by atoms with Crippen LogP contribution in [-0.4, -0.2) is 74.2 Å². The van der Waals surface area contributed by atoms with Gasteiger partial charge in [-0.15, -0.1) is 0 Å². The molecule has 0 aliphatic carbocycles. The van der Waals surface area contributed by atoms with Crippen molar-refractivity contribution >= 4 is 0 Å². The van der Waals surface area contributed by atoms with Crippen molar-refractivity contribution in [1.82, 2.24) is 0 Å². The number of aliphatic hydroxyl groups excluding tert-OH is 3. The highest BCUT2D eigenvalue weighted by atomic mass is 16.5. The lowest BCUT2D eigenvalue weighted by molar-refractivity contribution is -0.146. The third-order valence-electron chi connectivity index (χ3n) is 1.97. The number of methoxy groups -OCH3 is 3. The third-order valence-corrected chi connectivity index (χ3v) is 1.97. The summed E-state index contributed by atoms with van der Waals surface area (Å²) >= 11 is 0. The van der Waals surface area contributed by atoms with E-state index >= 15 is 0 Å². The summed E-state index contributed by atoms with van der Waals surface area (Å²) in [5.74, 6) is 0. The molecule has 0 aromatic carbocycles. The summed E-state index contributed by atoms with van der Waals surface area (Å²) < 4.78 is 34.9. The second-order valence-electron chi connectivity index (χ2n) is 2.95. The van der Waals surface area contributed by atoms with Crippen molar-refractivity contribution in [2.24, 2.45) is 0 Å². The van der Waals surface area contributed by atoms with Crippen LogP contribution < -0.4 is 0 Å². The van der Waals surface area contributed by atoms with Gasteiger partial charge in [-0.1, -0.05) is 0 Å². The maximum Gasteiger partial charge on any atom is 0.114 e. The van der Waals surface area contributed by atoms with Crippen LogP contribution in [-0.2, 0) is 14.2 Å². The molecule has 3 N–H and O–H groups in total. The Morgan fingerprint density at radius 1 is 1.20 bits per heavy atom. The van der Waals surface area contributed by atoms with Gasteiger partial charge in [0.05, 0.1) is 17.3 Å². The maximum atomic E-state index is 9.86. The molecule has 92 valence electrons. The van der Waals surface area contributed by atoms with Crippen LogP contribution >= 0.6 is 0 Å². The zero-order chi connectivity index (χ0) is 14.0. The van der Waals surface area contributed by atoms with E-state index in [1.807, 2.05) is 0 Å². The van der Waals surface area contributed by atoms with Gasteiger partial charge in [0.25, 0.3) is 0 Å². The van der Waals surface area contributed by atoms with E-state index in [1.54, 1.807) is 0 Å². The fourth-order valence-electron chi connectivity index (χ4n) is 1.12. The summed E-state index contributed by atoms with van der Waals surface area (Å²) in [7, 11) is -1.32. The molecule has 0 aromatic rings. The van der Waals surface area contributed by atoms with Gasteiger partial charge in [0.15, 0.2) is 0 Å². The average Bonchev–Trinajstić information content (AvgIpc) is 2.38. The Balaban J connectivity index is 4.52. The van der Waals surface area contributed by atoms with Crippen LogP contribution in [0, 0.1) is 0 Å². The van der Waals surface area contributed by atoms with Crippen molar-refractivity contribution in [1.29, 1.82) is 0 Å². The molecular weight excluding hydrogens is 204 g/mol. The molecule has 0 heterocycles. The highest BCUT2D eigenvalue weighted by Crippen LogP contribution is 2.11. The first kappa shape index (κ1) is 9.95. The molecule has 15 heavy (non-hydrogen) atoms. The van der Waals surface area contributed by atoms with Crippen LogP contribution in [0.4, 0.5) is 0 Å². The smallest absolute Gasteiger partial charge is 0.114 e. The second kappa shape index (κ2) is 7.98. The van der Waals surface area contributed by atoms with Crippen LogP contribution in [0.3, 0.4) is 0 Å². The normalized spacial score (nSPS) is 22.2. The SMILES string of the molecule is [2H]COC[C@@H](O)[C@@H](OC[2H])[C@H](O)[C@@H](CO)OC[2H]. The number of rotatable bonds is 8. The Morgan fingerprint density at radius 3 is 2.47 bits per heavy atom. The molecule has 0 unspecified atom stereocenters. The molecule has 0 spiro atoms. The zero-order valence-electron chi connectivity index (χ0n) is 11.4. The molecule has 6 heteroatoms. The van der Waals surface area contributed by atoms with Crippen LogP contribution in [0.5, 0.6) is 0 Å². The molecule has 4 atom stereocenters. The minimum absolute atomic E-state index is 0.246. The largest absolute Gasteiger partial charge is 0.394 e. The minimum atomic E-state index is -1.41.